The predicted molar refractivity (Wildman–Crippen MR) is 125 cm³/mol. The zero-order valence-electron chi connectivity index (χ0n) is 18.3. The Morgan fingerprint density at radius 2 is 1.82 bits per heavy atom. The van der Waals surface area contributed by atoms with E-state index in [-0.39, 0.29) is 11.5 Å². The lowest BCUT2D eigenvalue weighted by molar-refractivity contribution is 0.0741. The molecular weight excluding hydrogens is 425 g/mol. The molecule has 0 spiro atoms. The van der Waals surface area contributed by atoms with E-state index in [1.54, 1.807) is 18.2 Å². The normalized spacial score (nSPS) is 12.2. The van der Waals surface area contributed by atoms with Gasteiger partial charge in [-0.05, 0) is 30.2 Å². The van der Waals surface area contributed by atoms with E-state index in [2.05, 4.69) is 12.0 Å². The molecule has 172 valence electrons. The number of aromatic nitrogens is 1. The third kappa shape index (κ3) is 5.60. The number of nitrogens with zero attached hydrogens (tertiary/aromatic N) is 2. The molecule has 1 amide bonds. The lowest BCUT2D eigenvalue weighted by Crippen LogP contribution is -2.46. The molecule has 2 N–H and O–H groups in total. The van der Waals surface area contributed by atoms with Crippen molar-refractivity contribution in [2.24, 2.45) is 0 Å². The fourth-order valence-corrected chi connectivity index (χ4v) is 3.34. The standard InChI is InChI=1S/C15H15FO.C10H11N3O3/c1-2-17-15-10-6-4-8-13(15)11-12-7-3-5-9-14(12)16;1-2-4-12-6-11-13-5-3-7(14)9(15)8(13)10(12)16/h3-10H,2,11H2,1H3;2-3,5,11,15H,1,4,6H2. The summed E-state index contributed by atoms with van der Waals surface area (Å²) in [5.41, 5.74) is 3.97. The van der Waals surface area contributed by atoms with Crippen LogP contribution in [0.15, 0.2) is 78.2 Å². The highest BCUT2D eigenvalue weighted by atomic mass is 19.1. The first-order valence-corrected chi connectivity index (χ1v) is 10.5. The minimum absolute atomic E-state index is 0.0411. The molecule has 7 nitrogen and oxygen atoms in total. The molecule has 3 aromatic rings. The summed E-state index contributed by atoms with van der Waals surface area (Å²) in [6.07, 6.45) is 3.55. The first kappa shape index (κ1) is 23.6. The maximum atomic E-state index is 13.6. The molecule has 2 aromatic carbocycles. The summed E-state index contributed by atoms with van der Waals surface area (Å²) < 4.78 is 20.4. The molecule has 4 rings (SSSR count). The molecule has 0 fully saturated rings. The van der Waals surface area contributed by atoms with Crippen LogP contribution >= 0.6 is 0 Å². The topological polar surface area (TPSA) is 83.8 Å². The van der Waals surface area contributed by atoms with Crippen molar-refractivity contribution >= 4 is 5.91 Å². The van der Waals surface area contributed by atoms with Crippen molar-refractivity contribution in [3.63, 3.8) is 0 Å². The van der Waals surface area contributed by atoms with Crippen molar-refractivity contribution in [2.75, 3.05) is 25.2 Å². The summed E-state index contributed by atoms with van der Waals surface area (Å²) in [6, 6.07) is 15.8. The average molecular weight is 451 g/mol. The van der Waals surface area contributed by atoms with Gasteiger partial charge in [0.2, 0.25) is 5.43 Å². The van der Waals surface area contributed by atoms with Crippen LogP contribution in [0.25, 0.3) is 0 Å². The number of aromatic hydroxyl groups is 1. The van der Waals surface area contributed by atoms with Gasteiger partial charge < -0.3 is 20.2 Å². The molecule has 2 heterocycles. The molecule has 0 saturated heterocycles. The maximum absolute atomic E-state index is 13.6. The summed E-state index contributed by atoms with van der Waals surface area (Å²) in [4.78, 5) is 24.5. The number of para-hydroxylation sites is 1. The highest BCUT2D eigenvalue weighted by Gasteiger charge is 2.27. The van der Waals surface area contributed by atoms with Crippen LogP contribution < -0.4 is 15.6 Å². The van der Waals surface area contributed by atoms with Crippen molar-refractivity contribution in [3.05, 3.63) is 106 Å². The van der Waals surface area contributed by atoms with Gasteiger partial charge in [0.25, 0.3) is 5.91 Å². The number of nitrogens with one attached hydrogen (secondary N) is 1. The molecule has 1 aliphatic rings. The molecule has 0 atom stereocenters. The van der Waals surface area contributed by atoms with Crippen LogP contribution in [0.3, 0.4) is 0 Å². The number of benzene rings is 2. The molecule has 0 aliphatic carbocycles. The van der Waals surface area contributed by atoms with Crippen molar-refractivity contribution in [1.82, 2.24) is 9.58 Å². The van der Waals surface area contributed by atoms with Crippen molar-refractivity contribution in [2.45, 2.75) is 13.3 Å². The quantitative estimate of drug-likeness (QED) is 0.561. The number of amides is 1. The second-order valence-corrected chi connectivity index (χ2v) is 7.19. The number of carbonyl (C=O) groups excluding carboxylic acids is 1. The Labute approximate surface area is 191 Å². The number of ether oxygens (including phenoxy) is 1. The summed E-state index contributed by atoms with van der Waals surface area (Å²) >= 11 is 0. The number of hydrogen-bond donors (Lipinski definition) is 2. The monoisotopic (exact) mass is 451 g/mol. The van der Waals surface area contributed by atoms with Crippen molar-refractivity contribution in [3.8, 4) is 11.5 Å². The third-order valence-corrected chi connectivity index (χ3v) is 4.96. The number of halogens is 1. The van der Waals surface area contributed by atoms with Gasteiger partial charge in [-0.25, -0.2) is 4.39 Å². The average Bonchev–Trinajstić information content (AvgIpc) is 2.81. The van der Waals surface area contributed by atoms with Crippen LogP contribution in [0.5, 0.6) is 11.5 Å². The summed E-state index contributed by atoms with van der Waals surface area (Å²) in [5, 5.41) is 9.55. The smallest absolute Gasteiger partial charge is 0.278 e. The predicted octanol–water partition coefficient (Wildman–Crippen LogP) is 3.51. The van der Waals surface area contributed by atoms with Gasteiger partial charge in [0, 0.05) is 25.2 Å². The molecule has 1 aromatic heterocycles. The largest absolute Gasteiger partial charge is 0.502 e. The first-order valence-electron chi connectivity index (χ1n) is 10.5. The van der Waals surface area contributed by atoms with E-state index in [4.69, 9.17) is 4.74 Å². The van der Waals surface area contributed by atoms with Crippen molar-refractivity contribution in [1.29, 1.82) is 0 Å². The minimum Gasteiger partial charge on any atom is -0.502 e. The molecule has 33 heavy (non-hydrogen) atoms. The minimum atomic E-state index is -0.568. The van der Waals surface area contributed by atoms with Crippen LogP contribution in [-0.2, 0) is 6.42 Å². The molecule has 1 aliphatic heterocycles. The Hall–Kier alpha value is -4.07. The second kappa shape index (κ2) is 11.0. The zero-order chi connectivity index (χ0) is 23.8. The lowest BCUT2D eigenvalue weighted by Gasteiger charge is -2.30. The van der Waals surface area contributed by atoms with E-state index < -0.39 is 17.1 Å². The lowest BCUT2D eigenvalue weighted by atomic mass is 10.0. The molecule has 0 bridgehead atoms. The van der Waals surface area contributed by atoms with E-state index in [9.17, 15) is 19.1 Å². The second-order valence-electron chi connectivity index (χ2n) is 7.19. The highest BCUT2D eigenvalue weighted by molar-refractivity contribution is 5.96. The van der Waals surface area contributed by atoms with Crippen LogP contribution in [-0.4, -0.2) is 40.4 Å². The molecule has 0 saturated carbocycles. The van der Waals surface area contributed by atoms with E-state index in [0.29, 0.717) is 31.8 Å². The van der Waals surface area contributed by atoms with E-state index >= 15 is 0 Å². The van der Waals surface area contributed by atoms with E-state index in [1.165, 1.54) is 27.9 Å². The van der Waals surface area contributed by atoms with Gasteiger partial charge in [-0.15, -0.1) is 6.58 Å². The molecular formula is C25H26FN3O4. The van der Waals surface area contributed by atoms with E-state index in [1.807, 2.05) is 37.3 Å². The van der Waals surface area contributed by atoms with Gasteiger partial charge in [0.1, 0.15) is 18.2 Å². The van der Waals surface area contributed by atoms with Gasteiger partial charge in [0.05, 0.1) is 6.61 Å². The molecule has 8 heteroatoms. The first-order chi connectivity index (χ1) is 16.0. The van der Waals surface area contributed by atoms with Gasteiger partial charge in [0.15, 0.2) is 11.4 Å². The van der Waals surface area contributed by atoms with Gasteiger partial charge in [-0.3, -0.25) is 14.3 Å². The summed E-state index contributed by atoms with van der Waals surface area (Å²) in [5.74, 6) is -0.264. The zero-order valence-corrected chi connectivity index (χ0v) is 18.3. The fourth-order valence-electron chi connectivity index (χ4n) is 3.34. The van der Waals surface area contributed by atoms with Crippen LogP contribution in [0.1, 0.15) is 28.5 Å². The van der Waals surface area contributed by atoms with Crippen LogP contribution in [0.2, 0.25) is 0 Å². The maximum Gasteiger partial charge on any atom is 0.278 e. The Kier molecular flexibility index (Phi) is 7.86. The Morgan fingerprint density at radius 1 is 1.12 bits per heavy atom. The molecule has 0 radical (unpaired) electrons. The highest BCUT2D eigenvalue weighted by Crippen LogP contribution is 2.22. The SMILES string of the molecule is C=CCN1CNn2ccc(=O)c(O)c2C1=O.CCOc1ccccc1Cc1ccccc1F. The summed E-state index contributed by atoms with van der Waals surface area (Å²) in [7, 11) is 0. The third-order valence-electron chi connectivity index (χ3n) is 4.96. The number of carbonyl (C=O) groups is 1. The number of hydrogen-bond acceptors (Lipinski definition) is 5. The summed E-state index contributed by atoms with van der Waals surface area (Å²) in [6.45, 7) is 6.76. The van der Waals surface area contributed by atoms with Gasteiger partial charge >= 0.3 is 0 Å². The fraction of sp³-hybridized carbons (Fsp3) is 0.200. The Morgan fingerprint density at radius 3 is 2.52 bits per heavy atom. The van der Waals surface area contributed by atoms with Crippen LogP contribution in [0.4, 0.5) is 4.39 Å². The van der Waals surface area contributed by atoms with Gasteiger partial charge in [-0.1, -0.05) is 42.5 Å². The van der Waals surface area contributed by atoms with E-state index in [0.717, 1.165) is 11.3 Å². The number of fused-ring (bicyclic) bond motifs is 1. The Bertz CT molecular complexity index is 1190. The van der Waals surface area contributed by atoms with Crippen molar-refractivity contribution < 1.29 is 19.0 Å². The van der Waals surface area contributed by atoms with Gasteiger partial charge in [-0.2, -0.15) is 0 Å². The Balaban J connectivity index is 0.000000186. The number of rotatable bonds is 6. The number of pyridine rings is 1. The molecule has 0 unspecified atom stereocenters. The van der Waals surface area contributed by atoms with Crippen LogP contribution in [0, 0.1) is 5.82 Å².